The zero-order valence-electron chi connectivity index (χ0n) is 13.2. The molecule has 0 amide bonds. The number of hydrogen-bond donors (Lipinski definition) is 1. The van der Waals surface area contributed by atoms with Gasteiger partial charge in [0.1, 0.15) is 0 Å². The molecule has 0 spiro atoms. The number of rotatable bonds is 12. The Morgan fingerprint density at radius 2 is 1.83 bits per heavy atom. The van der Waals surface area contributed by atoms with E-state index in [-0.39, 0.29) is 0 Å². The Bertz CT molecular complexity index is 174. The molecule has 0 aromatic heterocycles. The van der Waals surface area contributed by atoms with Crippen LogP contribution in [-0.2, 0) is 4.74 Å². The number of hydrogen-bond acceptors (Lipinski definition) is 3. The van der Waals surface area contributed by atoms with Crippen molar-refractivity contribution in [1.29, 1.82) is 0 Å². The van der Waals surface area contributed by atoms with Crippen LogP contribution in [0.4, 0.5) is 0 Å². The predicted molar refractivity (Wildman–Crippen MR) is 80.1 cm³/mol. The Morgan fingerprint density at radius 1 is 1.11 bits per heavy atom. The highest BCUT2D eigenvalue weighted by Gasteiger charge is 2.07. The van der Waals surface area contributed by atoms with Crippen molar-refractivity contribution >= 4 is 0 Å². The third kappa shape index (κ3) is 11.0. The molecule has 0 aromatic carbocycles. The lowest BCUT2D eigenvalue weighted by Crippen LogP contribution is -2.32. The summed E-state index contributed by atoms with van der Waals surface area (Å²) >= 11 is 0. The molecule has 1 unspecified atom stereocenters. The van der Waals surface area contributed by atoms with Gasteiger partial charge in [-0.25, -0.2) is 0 Å². The van der Waals surface area contributed by atoms with Crippen LogP contribution in [0.5, 0.6) is 0 Å². The first-order valence-electron chi connectivity index (χ1n) is 7.54. The third-order valence-corrected chi connectivity index (χ3v) is 3.15. The highest BCUT2D eigenvalue weighted by molar-refractivity contribution is 4.63. The van der Waals surface area contributed by atoms with Crippen molar-refractivity contribution in [3.8, 4) is 0 Å². The average molecular weight is 258 g/mol. The van der Waals surface area contributed by atoms with Crippen molar-refractivity contribution in [3.05, 3.63) is 0 Å². The van der Waals surface area contributed by atoms with Crippen molar-refractivity contribution in [2.75, 3.05) is 39.9 Å². The first-order valence-corrected chi connectivity index (χ1v) is 7.54. The molecule has 110 valence electrons. The summed E-state index contributed by atoms with van der Waals surface area (Å²) in [6.45, 7) is 14.4. The molecule has 0 rings (SSSR count). The van der Waals surface area contributed by atoms with E-state index in [1.165, 1.54) is 32.4 Å². The van der Waals surface area contributed by atoms with E-state index in [0.29, 0.717) is 6.04 Å². The maximum atomic E-state index is 5.18. The third-order valence-electron chi connectivity index (χ3n) is 3.15. The van der Waals surface area contributed by atoms with Gasteiger partial charge in [-0.3, -0.25) is 0 Å². The van der Waals surface area contributed by atoms with E-state index in [4.69, 9.17) is 4.74 Å². The summed E-state index contributed by atoms with van der Waals surface area (Å²) in [6, 6.07) is 0.660. The first-order chi connectivity index (χ1) is 8.60. The lowest BCUT2D eigenvalue weighted by molar-refractivity contribution is 0.138. The molecule has 18 heavy (non-hydrogen) atoms. The molecular formula is C15H34N2O. The fraction of sp³-hybridized carbons (Fsp3) is 1.00. The van der Waals surface area contributed by atoms with Gasteiger partial charge in [0, 0.05) is 26.2 Å². The van der Waals surface area contributed by atoms with Crippen LogP contribution in [0, 0.1) is 5.92 Å². The van der Waals surface area contributed by atoms with Crippen molar-refractivity contribution in [2.24, 2.45) is 5.92 Å². The topological polar surface area (TPSA) is 24.5 Å². The van der Waals surface area contributed by atoms with Crippen molar-refractivity contribution in [1.82, 2.24) is 10.2 Å². The van der Waals surface area contributed by atoms with Crippen LogP contribution in [0.25, 0.3) is 0 Å². The van der Waals surface area contributed by atoms with Crippen molar-refractivity contribution < 1.29 is 4.74 Å². The number of ether oxygens (including phenoxy) is 1. The molecule has 0 heterocycles. The Balaban J connectivity index is 3.67. The van der Waals surface area contributed by atoms with E-state index < -0.39 is 0 Å². The van der Waals surface area contributed by atoms with Gasteiger partial charge in [0.25, 0.3) is 0 Å². The van der Waals surface area contributed by atoms with E-state index in [1.54, 1.807) is 7.11 Å². The van der Waals surface area contributed by atoms with E-state index in [2.05, 4.69) is 37.9 Å². The summed E-state index contributed by atoms with van der Waals surface area (Å²) in [5.74, 6) is 0.738. The molecule has 0 aliphatic heterocycles. The molecule has 0 fully saturated rings. The van der Waals surface area contributed by atoms with E-state index in [9.17, 15) is 0 Å². The number of unbranched alkanes of at least 4 members (excludes halogenated alkanes) is 1. The van der Waals surface area contributed by atoms with Gasteiger partial charge >= 0.3 is 0 Å². The number of nitrogens with zero attached hydrogens (tertiary/aromatic N) is 1. The summed E-state index contributed by atoms with van der Waals surface area (Å²) in [4.78, 5) is 2.53. The van der Waals surface area contributed by atoms with Crippen LogP contribution in [-0.4, -0.2) is 50.8 Å². The average Bonchev–Trinajstić information content (AvgIpc) is 2.31. The summed E-state index contributed by atoms with van der Waals surface area (Å²) in [5.41, 5.74) is 0. The fourth-order valence-electron chi connectivity index (χ4n) is 2.27. The number of methoxy groups -OCH3 is 1. The van der Waals surface area contributed by atoms with E-state index in [1.807, 2.05) is 0 Å². The second-order valence-electron chi connectivity index (χ2n) is 5.64. The van der Waals surface area contributed by atoms with Crippen molar-refractivity contribution in [2.45, 2.75) is 53.0 Å². The monoisotopic (exact) mass is 258 g/mol. The van der Waals surface area contributed by atoms with Crippen LogP contribution in [0.3, 0.4) is 0 Å². The van der Waals surface area contributed by atoms with Gasteiger partial charge < -0.3 is 15.0 Å². The van der Waals surface area contributed by atoms with Gasteiger partial charge in [-0.15, -0.1) is 0 Å². The lowest BCUT2D eigenvalue weighted by Gasteiger charge is -2.24. The molecule has 3 heteroatoms. The minimum atomic E-state index is 0.660. The minimum absolute atomic E-state index is 0.660. The van der Waals surface area contributed by atoms with E-state index >= 15 is 0 Å². The Kier molecular flexibility index (Phi) is 11.9. The van der Waals surface area contributed by atoms with Crippen LogP contribution < -0.4 is 5.32 Å². The molecule has 0 bridgehead atoms. The quantitative estimate of drug-likeness (QED) is 0.545. The molecule has 1 N–H and O–H groups in total. The van der Waals surface area contributed by atoms with Gasteiger partial charge in [0.15, 0.2) is 0 Å². The highest BCUT2D eigenvalue weighted by Crippen LogP contribution is 2.05. The predicted octanol–water partition coefficient (Wildman–Crippen LogP) is 2.76. The van der Waals surface area contributed by atoms with Crippen LogP contribution in [0.1, 0.15) is 47.0 Å². The molecule has 3 nitrogen and oxygen atoms in total. The molecule has 1 atom stereocenters. The standard InChI is InChI=1S/C15H34N2O/c1-6-16-15(4)9-7-8-10-17(11-12-18-5)13-14(2)3/h14-16H,6-13H2,1-5H3. The van der Waals surface area contributed by atoms with Gasteiger partial charge in [0.2, 0.25) is 0 Å². The first kappa shape index (κ1) is 17.9. The van der Waals surface area contributed by atoms with Gasteiger partial charge in [-0.2, -0.15) is 0 Å². The lowest BCUT2D eigenvalue weighted by atomic mass is 10.1. The molecule has 0 saturated carbocycles. The SMILES string of the molecule is CCNC(C)CCCCN(CCOC)CC(C)C. The Morgan fingerprint density at radius 3 is 2.39 bits per heavy atom. The van der Waals surface area contributed by atoms with Gasteiger partial charge in [-0.1, -0.05) is 27.2 Å². The molecule has 0 aliphatic rings. The smallest absolute Gasteiger partial charge is 0.0589 e. The summed E-state index contributed by atoms with van der Waals surface area (Å²) in [6.07, 6.45) is 3.90. The fourth-order valence-corrected chi connectivity index (χ4v) is 2.27. The highest BCUT2D eigenvalue weighted by atomic mass is 16.5. The van der Waals surface area contributed by atoms with Gasteiger partial charge in [-0.05, 0) is 38.8 Å². The van der Waals surface area contributed by atoms with Crippen LogP contribution >= 0.6 is 0 Å². The molecule has 0 aromatic rings. The second-order valence-corrected chi connectivity index (χ2v) is 5.64. The molecule has 0 saturated heterocycles. The van der Waals surface area contributed by atoms with Crippen LogP contribution in [0.15, 0.2) is 0 Å². The molecular weight excluding hydrogens is 224 g/mol. The summed E-state index contributed by atoms with van der Waals surface area (Å²) in [5, 5.41) is 3.47. The normalized spacial score (nSPS) is 13.5. The van der Waals surface area contributed by atoms with Gasteiger partial charge in [0.05, 0.1) is 6.61 Å². The largest absolute Gasteiger partial charge is 0.383 e. The van der Waals surface area contributed by atoms with Crippen molar-refractivity contribution in [3.63, 3.8) is 0 Å². The van der Waals surface area contributed by atoms with E-state index in [0.717, 1.165) is 25.6 Å². The molecule has 0 aliphatic carbocycles. The van der Waals surface area contributed by atoms with Crippen LogP contribution in [0.2, 0.25) is 0 Å². The summed E-state index contributed by atoms with van der Waals surface area (Å²) < 4.78 is 5.18. The maximum Gasteiger partial charge on any atom is 0.0589 e. The zero-order chi connectivity index (χ0) is 13.8. The second kappa shape index (κ2) is 11.9. The Hall–Kier alpha value is -0.120. The zero-order valence-corrected chi connectivity index (χ0v) is 13.2. The maximum absolute atomic E-state index is 5.18. The minimum Gasteiger partial charge on any atom is -0.383 e. The summed E-state index contributed by atoms with van der Waals surface area (Å²) in [7, 11) is 1.78. The Labute approximate surface area is 114 Å². The molecule has 0 radical (unpaired) electrons. The number of nitrogens with one attached hydrogen (secondary N) is 1.